The largest absolute Gasteiger partial charge is 0.346 e. The summed E-state index contributed by atoms with van der Waals surface area (Å²) >= 11 is 1.49. The molecule has 1 spiro atoms. The zero-order valence-electron chi connectivity index (χ0n) is 13.4. The van der Waals surface area contributed by atoms with Crippen LogP contribution in [0.2, 0.25) is 0 Å². The van der Waals surface area contributed by atoms with Crippen molar-refractivity contribution in [1.29, 1.82) is 5.26 Å². The summed E-state index contributed by atoms with van der Waals surface area (Å²) in [6.45, 7) is 2.41. The van der Waals surface area contributed by atoms with E-state index in [9.17, 15) is 4.79 Å². The highest BCUT2D eigenvalue weighted by molar-refractivity contribution is 7.20. The predicted octanol–water partition coefficient (Wildman–Crippen LogP) is 3.13. The summed E-state index contributed by atoms with van der Waals surface area (Å²) < 4.78 is 1.01. The quantitative estimate of drug-likeness (QED) is 0.916. The van der Waals surface area contributed by atoms with Gasteiger partial charge in [-0.1, -0.05) is 6.07 Å². The van der Waals surface area contributed by atoms with Gasteiger partial charge in [0, 0.05) is 10.2 Å². The lowest BCUT2D eigenvalue weighted by Gasteiger charge is -2.52. The van der Waals surface area contributed by atoms with E-state index < -0.39 is 0 Å². The maximum absolute atomic E-state index is 12.8. The number of amides is 1. The molecule has 2 aromatic rings. The number of piperidine rings is 3. The van der Waals surface area contributed by atoms with Crippen molar-refractivity contribution in [3.63, 3.8) is 0 Å². The Balaban J connectivity index is 1.42. The lowest BCUT2D eigenvalue weighted by atomic mass is 9.77. The van der Waals surface area contributed by atoms with Crippen LogP contribution in [0.1, 0.15) is 40.9 Å². The van der Waals surface area contributed by atoms with Crippen molar-refractivity contribution in [2.75, 3.05) is 13.1 Å². The van der Waals surface area contributed by atoms with Crippen molar-refractivity contribution >= 4 is 27.3 Å². The molecule has 1 saturated carbocycles. The Hall–Kier alpha value is -1.90. The SMILES string of the molecule is N#Cc1ccc2cc(C(=O)NC3C4CCN(CC4)C34CC4)sc2c1. The first-order valence-corrected chi connectivity index (χ1v) is 9.51. The van der Waals surface area contributed by atoms with Crippen LogP contribution in [-0.2, 0) is 0 Å². The molecule has 3 saturated heterocycles. The summed E-state index contributed by atoms with van der Waals surface area (Å²) in [5, 5.41) is 13.4. The first-order chi connectivity index (χ1) is 11.7. The molecule has 1 aliphatic carbocycles. The van der Waals surface area contributed by atoms with Gasteiger partial charge in [0.15, 0.2) is 0 Å². The van der Waals surface area contributed by atoms with Gasteiger partial charge in [-0.2, -0.15) is 5.26 Å². The molecule has 1 unspecified atom stereocenters. The Morgan fingerprint density at radius 3 is 2.79 bits per heavy atom. The van der Waals surface area contributed by atoms with E-state index in [1.165, 1.54) is 50.1 Å². The minimum absolute atomic E-state index is 0.0553. The summed E-state index contributed by atoms with van der Waals surface area (Å²) in [6, 6.07) is 10.0. The zero-order valence-corrected chi connectivity index (χ0v) is 14.2. The second-order valence-electron chi connectivity index (χ2n) is 7.35. The van der Waals surface area contributed by atoms with Gasteiger partial charge in [0.05, 0.1) is 22.6 Å². The van der Waals surface area contributed by atoms with Gasteiger partial charge in [-0.3, -0.25) is 9.69 Å². The van der Waals surface area contributed by atoms with Gasteiger partial charge in [-0.25, -0.2) is 0 Å². The summed E-state index contributed by atoms with van der Waals surface area (Å²) in [7, 11) is 0. The highest BCUT2D eigenvalue weighted by Gasteiger charge is 2.60. The number of carbonyl (C=O) groups excluding carboxylic acids is 1. The third kappa shape index (κ3) is 2.03. The molecule has 1 N–H and O–H groups in total. The first-order valence-electron chi connectivity index (χ1n) is 8.69. The van der Waals surface area contributed by atoms with Crippen LogP contribution in [0.4, 0.5) is 0 Å². The van der Waals surface area contributed by atoms with Crippen molar-refractivity contribution in [2.45, 2.75) is 37.3 Å². The van der Waals surface area contributed by atoms with E-state index in [1.807, 2.05) is 24.3 Å². The Morgan fingerprint density at radius 1 is 1.29 bits per heavy atom. The maximum Gasteiger partial charge on any atom is 0.261 e. The molecule has 4 fully saturated rings. The molecule has 6 rings (SSSR count). The molecule has 122 valence electrons. The average Bonchev–Trinajstić information content (AvgIpc) is 3.27. The second-order valence-corrected chi connectivity index (χ2v) is 8.44. The number of nitriles is 1. The molecule has 1 atom stereocenters. The zero-order chi connectivity index (χ0) is 16.3. The van der Waals surface area contributed by atoms with Crippen molar-refractivity contribution in [3.05, 3.63) is 34.7 Å². The first kappa shape index (κ1) is 14.4. The normalized spacial score (nSPS) is 29.5. The van der Waals surface area contributed by atoms with E-state index in [0.29, 0.717) is 17.5 Å². The second kappa shape index (κ2) is 5.05. The minimum Gasteiger partial charge on any atom is -0.346 e. The fourth-order valence-electron chi connectivity index (χ4n) is 4.75. The van der Waals surface area contributed by atoms with Crippen LogP contribution in [0.25, 0.3) is 10.1 Å². The Bertz CT molecular complexity index is 868. The molecule has 1 aromatic heterocycles. The monoisotopic (exact) mass is 337 g/mol. The highest BCUT2D eigenvalue weighted by Crippen LogP contribution is 2.53. The van der Waals surface area contributed by atoms with Crippen LogP contribution in [0.3, 0.4) is 0 Å². The van der Waals surface area contributed by atoms with Crippen LogP contribution >= 0.6 is 11.3 Å². The topological polar surface area (TPSA) is 56.1 Å². The van der Waals surface area contributed by atoms with Gasteiger partial charge in [-0.15, -0.1) is 11.3 Å². The van der Waals surface area contributed by atoms with E-state index in [0.717, 1.165) is 15.0 Å². The Morgan fingerprint density at radius 2 is 2.08 bits per heavy atom. The number of thiophene rings is 1. The van der Waals surface area contributed by atoms with Crippen molar-refractivity contribution in [3.8, 4) is 6.07 Å². The van der Waals surface area contributed by atoms with Gasteiger partial charge in [0.25, 0.3) is 5.91 Å². The van der Waals surface area contributed by atoms with Crippen molar-refractivity contribution < 1.29 is 4.79 Å². The van der Waals surface area contributed by atoms with Crippen LogP contribution in [0.15, 0.2) is 24.3 Å². The van der Waals surface area contributed by atoms with Gasteiger partial charge in [0.1, 0.15) is 0 Å². The maximum atomic E-state index is 12.8. The Labute approximate surface area is 145 Å². The fourth-order valence-corrected chi connectivity index (χ4v) is 5.75. The molecule has 3 aliphatic heterocycles. The number of hydrogen-bond donors (Lipinski definition) is 1. The molecule has 4 aliphatic rings. The van der Waals surface area contributed by atoms with Crippen LogP contribution < -0.4 is 5.32 Å². The molecule has 4 nitrogen and oxygen atoms in total. The van der Waals surface area contributed by atoms with Crippen molar-refractivity contribution in [2.24, 2.45) is 5.92 Å². The van der Waals surface area contributed by atoms with Crippen LogP contribution in [0, 0.1) is 17.2 Å². The molecule has 2 bridgehead atoms. The molecule has 0 radical (unpaired) electrons. The smallest absolute Gasteiger partial charge is 0.261 e. The molecule has 24 heavy (non-hydrogen) atoms. The number of hydrogen-bond acceptors (Lipinski definition) is 4. The number of nitrogens with one attached hydrogen (secondary N) is 1. The molecule has 1 aromatic carbocycles. The van der Waals surface area contributed by atoms with Crippen LogP contribution in [0.5, 0.6) is 0 Å². The van der Waals surface area contributed by atoms with E-state index in [4.69, 9.17) is 5.26 Å². The molecule has 4 heterocycles. The summed E-state index contributed by atoms with van der Waals surface area (Å²) in [5.41, 5.74) is 0.909. The Kier molecular flexibility index (Phi) is 3.04. The van der Waals surface area contributed by atoms with Crippen molar-refractivity contribution in [1.82, 2.24) is 10.2 Å². The molecule has 5 heteroatoms. The summed E-state index contributed by atoms with van der Waals surface area (Å²) in [4.78, 5) is 16.2. The van der Waals surface area contributed by atoms with E-state index >= 15 is 0 Å². The molecular formula is C19H19N3OS. The molecular weight excluding hydrogens is 318 g/mol. The van der Waals surface area contributed by atoms with E-state index in [2.05, 4.69) is 16.3 Å². The van der Waals surface area contributed by atoms with Crippen LogP contribution in [-0.4, -0.2) is 35.5 Å². The van der Waals surface area contributed by atoms with Gasteiger partial charge >= 0.3 is 0 Å². The van der Waals surface area contributed by atoms with E-state index in [-0.39, 0.29) is 11.4 Å². The minimum atomic E-state index is 0.0553. The van der Waals surface area contributed by atoms with Gasteiger partial charge < -0.3 is 5.32 Å². The number of carbonyl (C=O) groups is 1. The lowest BCUT2D eigenvalue weighted by Crippen LogP contribution is -2.65. The third-order valence-electron chi connectivity index (χ3n) is 6.14. The van der Waals surface area contributed by atoms with Gasteiger partial charge in [0.2, 0.25) is 0 Å². The number of nitrogens with zero attached hydrogens (tertiary/aromatic N) is 2. The standard InChI is InChI=1S/C19H19N3OS/c20-11-12-1-2-14-10-16(24-15(14)9-12)18(23)21-17-13-3-7-22(8-4-13)19(17)5-6-19/h1-2,9-10,13,17H,3-8H2,(H,21,23). The fraction of sp³-hybridized carbons (Fsp3) is 0.474. The predicted molar refractivity (Wildman–Crippen MR) is 94.1 cm³/mol. The van der Waals surface area contributed by atoms with Gasteiger partial charge in [-0.05, 0) is 68.3 Å². The molecule has 1 amide bonds. The average molecular weight is 337 g/mol. The third-order valence-corrected chi connectivity index (χ3v) is 7.24. The number of fused-ring (bicyclic) bond motifs is 3. The number of benzene rings is 1. The summed E-state index contributed by atoms with van der Waals surface area (Å²) in [5.74, 6) is 0.695. The number of rotatable bonds is 2. The summed E-state index contributed by atoms with van der Waals surface area (Å²) in [6.07, 6.45) is 4.88. The lowest BCUT2D eigenvalue weighted by molar-refractivity contribution is -0.00138. The highest BCUT2D eigenvalue weighted by atomic mass is 32.1. The van der Waals surface area contributed by atoms with E-state index in [1.54, 1.807) is 0 Å².